The van der Waals surface area contributed by atoms with Gasteiger partial charge in [-0.3, -0.25) is 4.68 Å². The largest absolute Gasteiger partial charge is 0.309 e. The summed E-state index contributed by atoms with van der Waals surface area (Å²) in [6.07, 6.45) is 3.26. The molecule has 15 heavy (non-hydrogen) atoms. The van der Waals surface area contributed by atoms with Crippen LogP contribution in [0.1, 0.15) is 6.42 Å². The molecule has 1 aromatic carbocycles. The second kappa shape index (κ2) is 4.45. The van der Waals surface area contributed by atoms with E-state index in [0.29, 0.717) is 0 Å². The predicted molar refractivity (Wildman–Crippen MR) is 62.9 cm³/mol. The van der Waals surface area contributed by atoms with Gasteiger partial charge in [-0.2, -0.15) is 5.10 Å². The van der Waals surface area contributed by atoms with Gasteiger partial charge in [0, 0.05) is 18.1 Å². The first-order chi connectivity index (χ1) is 7.25. The van der Waals surface area contributed by atoms with E-state index < -0.39 is 0 Å². The molecule has 1 heterocycles. The van der Waals surface area contributed by atoms with Crippen LogP contribution in [-0.2, 0) is 6.54 Å². The molecule has 3 heteroatoms. The van der Waals surface area contributed by atoms with Crippen LogP contribution in [-0.4, -0.2) is 35.3 Å². The molecular weight excluding hydrogens is 186 g/mol. The molecule has 0 aliphatic carbocycles. The molecular formula is C12H17N3. The molecule has 0 aliphatic heterocycles. The maximum atomic E-state index is 4.51. The van der Waals surface area contributed by atoms with E-state index in [1.165, 1.54) is 5.39 Å². The van der Waals surface area contributed by atoms with Crippen LogP contribution in [0.5, 0.6) is 0 Å². The van der Waals surface area contributed by atoms with Crippen LogP contribution < -0.4 is 0 Å². The van der Waals surface area contributed by atoms with Crippen molar-refractivity contribution in [2.75, 3.05) is 20.6 Å². The van der Waals surface area contributed by atoms with Crippen LogP contribution in [0, 0.1) is 0 Å². The van der Waals surface area contributed by atoms with Crippen LogP contribution >= 0.6 is 0 Å². The van der Waals surface area contributed by atoms with Crippen LogP contribution in [0.2, 0.25) is 0 Å². The number of hydrogen-bond donors (Lipinski definition) is 0. The topological polar surface area (TPSA) is 21.1 Å². The highest BCUT2D eigenvalue weighted by Crippen LogP contribution is 2.10. The van der Waals surface area contributed by atoms with E-state index in [9.17, 15) is 0 Å². The lowest BCUT2D eigenvalue weighted by Crippen LogP contribution is -2.15. The predicted octanol–water partition coefficient (Wildman–Crippen LogP) is 1.99. The zero-order valence-electron chi connectivity index (χ0n) is 9.35. The van der Waals surface area contributed by atoms with Gasteiger partial charge in [0.2, 0.25) is 0 Å². The molecule has 2 aromatic rings. The first kappa shape index (κ1) is 10.2. The van der Waals surface area contributed by atoms with Crippen LogP contribution in [0.25, 0.3) is 10.9 Å². The molecule has 0 N–H and O–H groups in total. The molecule has 0 amide bonds. The van der Waals surface area contributed by atoms with Gasteiger partial charge in [0.15, 0.2) is 0 Å². The molecule has 0 atom stereocenters. The van der Waals surface area contributed by atoms with Crippen LogP contribution in [0.15, 0.2) is 30.5 Å². The van der Waals surface area contributed by atoms with Gasteiger partial charge in [0.25, 0.3) is 0 Å². The number of rotatable bonds is 4. The van der Waals surface area contributed by atoms with Crippen molar-refractivity contribution in [3.05, 3.63) is 30.5 Å². The summed E-state index contributed by atoms with van der Waals surface area (Å²) in [6, 6.07) is 8.23. The minimum Gasteiger partial charge on any atom is -0.309 e. The molecule has 2 rings (SSSR count). The normalized spacial score (nSPS) is 11.4. The quantitative estimate of drug-likeness (QED) is 0.757. The Morgan fingerprint density at radius 2 is 2.07 bits per heavy atom. The molecule has 0 unspecified atom stereocenters. The van der Waals surface area contributed by atoms with Gasteiger partial charge in [-0.15, -0.1) is 0 Å². The summed E-state index contributed by atoms with van der Waals surface area (Å²) in [5.41, 5.74) is 1.09. The van der Waals surface area contributed by atoms with E-state index in [4.69, 9.17) is 0 Å². The number of hydrogen-bond acceptors (Lipinski definition) is 2. The highest BCUT2D eigenvalue weighted by molar-refractivity contribution is 5.77. The maximum Gasteiger partial charge on any atom is 0.0923 e. The van der Waals surface area contributed by atoms with Crippen molar-refractivity contribution in [3.8, 4) is 0 Å². The van der Waals surface area contributed by atoms with Crippen molar-refractivity contribution in [3.63, 3.8) is 0 Å². The van der Waals surface area contributed by atoms with Gasteiger partial charge in [-0.05, 0) is 33.1 Å². The van der Waals surface area contributed by atoms with Gasteiger partial charge < -0.3 is 4.90 Å². The molecule has 0 aliphatic rings. The van der Waals surface area contributed by atoms with Crippen LogP contribution in [0.3, 0.4) is 0 Å². The third-order valence-corrected chi connectivity index (χ3v) is 2.45. The zero-order valence-corrected chi connectivity index (χ0v) is 9.35. The highest BCUT2D eigenvalue weighted by atomic mass is 15.3. The van der Waals surface area contributed by atoms with Gasteiger partial charge in [-0.25, -0.2) is 0 Å². The average molecular weight is 203 g/mol. The third-order valence-electron chi connectivity index (χ3n) is 2.45. The van der Waals surface area contributed by atoms with Crippen molar-refractivity contribution < 1.29 is 0 Å². The summed E-state index contributed by atoms with van der Waals surface area (Å²) in [4.78, 5) is 2.20. The molecule has 0 bridgehead atoms. The monoisotopic (exact) mass is 203 g/mol. The lowest BCUT2D eigenvalue weighted by molar-refractivity contribution is 0.381. The van der Waals surface area contributed by atoms with Crippen molar-refractivity contribution in [1.29, 1.82) is 0 Å². The fourth-order valence-electron chi connectivity index (χ4n) is 1.68. The van der Waals surface area contributed by atoms with Gasteiger partial charge in [0.1, 0.15) is 0 Å². The Balaban J connectivity index is 2.03. The van der Waals surface area contributed by atoms with E-state index in [1.807, 2.05) is 16.8 Å². The molecule has 0 spiro atoms. The smallest absolute Gasteiger partial charge is 0.0923 e. The van der Waals surface area contributed by atoms with Gasteiger partial charge in [0.05, 0.1) is 5.52 Å². The maximum absolute atomic E-state index is 4.51. The molecule has 80 valence electrons. The molecule has 0 saturated heterocycles. The molecule has 0 radical (unpaired) electrons. The SMILES string of the molecule is CN(C)CCCn1cc2ccccc2n1. The Labute approximate surface area is 90.3 Å². The fraction of sp³-hybridized carbons (Fsp3) is 0.417. The minimum absolute atomic E-state index is 0.993. The first-order valence-corrected chi connectivity index (χ1v) is 5.32. The highest BCUT2D eigenvalue weighted by Gasteiger charge is 1.99. The molecule has 1 aromatic heterocycles. The standard InChI is InChI=1S/C12H17N3/c1-14(2)8-5-9-15-10-11-6-3-4-7-12(11)13-15/h3-4,6-7,10H,5,8-9H2,1-2H3. The number of aromatic nitrogens is 2. The number of benzene rings is 1. The van der Waals surface area contributed by atoms with Crippen molar-refractivity contribution in [2.24, 2.45) is 0 Å². The van der Waals surface area contributed by atoms with Crippen molar-refractivity contribution in [1.82, 2.24) is 14.7 Å². The average Bonchev–Trinajstić information content (AvgIpc) is 2.59. The number of fused-ring (bicyclic) bond motifs is 1. The molecule has 0 fully saturated rings. The lowest BCUT2D eigenvalue weighted by Gasteiger charge is -2.08. The summed E-state index contributed by atoms with van der Waals surface area (Å²) in [5, 5.41) is 5.73. The first-order valence-electron chi connectivity index (χ1n) is 5.32. The Hall–Kier alpha value is -1.35. The van der Waals surface area contributed by atoms with Gasteiger partial charge in [-0.1, -0.05) is 18.2 Å². The summed E-state index contributed by atoms with van der Waals surface area (Å²) in [6.45, 7) is 2.10. The van der Waals surface area contributed by atoms with E-state index >= 15 is 0 Å². The van der Waals surface area contributed by atoms with Crippen molar-refractivity contribution >= 4 is 10.9 Å². The van der Waals surface area contributed by atoms with E-state index in [-0.39, 0.29) is 0 Å². The summed E-state index contributed by atoms with van der Waals surface area (Å²) >= 11 is 0. The van der Waals surface area contributed by atoms with Gasteiger partial charge >= 0.3 is 0 Å². The summed E-state index contributed by atoms with van der Waals surface area (Å²) in [5.74, 6) is 0. The number of aryl methyl sites for hydroxylation is 1. The van der Waals surface area contributed by atoms with Crippen molar-refractivity contribution in [2.45, 2.75) is 13.0 Å². The lowest BCUT2D eigenvalue weighted by atomic mass is 10.3. The second-order valence-electron chi connectivity index (χ2n) is 4.11. The fourth-order valence-corrected chi connectivity index (χ4v) is 1.68. The Kier molecular flexibility index (Phi) is 3.02. The Morgan fingerprint density at radius 1 is 1.27 bits per heavy atom. The number of nitrogens with zero attached hydrogens (tertiary/aromatic N) is 3. The second-order valence-corrected chi connectivity index (χ2v) is 4.11. The van der Waals surface area contributed by atoms with E-state index in [1.54, 1.807) is 0 Å². The van der Waals surface area contributed by atoms with E-state index in [0.717, 1.165) is 25.0 Å². The summed E-state index contributed by atoms with van der Waals surface area (Å²) < 4.78 is 2.04. The zero-order chi connectivity index (χ0) is 10.7. The molecule has 0 saturated carbocycles. The third kappa shape index (κ3) is 2.57. The summed E-state index contributed by atoms with van der Waals surface area (Å²) in [7, 11) is 4.19. The minimum atomic E-state index is 0.993. The van der Waals surface area contributed by atoms with E-state index in [2.05, 4.69) is 42.4 Å². The Bertz CT molecular complexity index is 398. The Morgan fingerprint density at radius 3 is 2.80 bits per heavy atom. The molecule has 3 nitrogen and oxygen atoms in total. The van der Waals surface area contributed by atoms with Crippen LogP contribution in [0.4, 0.5) is 0 Å².